The molecule has 26 heavy (non-hydrogen) atoms. The summed E-state index contributed by atoms with van der Waals surface area (Å²) in [5, 5.41) is 2.99. The number of rotatable bonds is 7. The van der Waals surface area contributed by atoms with E-state index in [1.807, 2.05) is 20.9 Å². The lowest BCUT2D eigenvalue weighted by Gasteiger charge is -2.17. The number of benzene rings is 2. The van der Waals surface area contributed by atoms with Gasteiger partial charge in [-0.25, -0.2) is 8.42 Å². The van der Waals surface area contributed by atoms with Crippen LogP contribution < -0.4 is 10.0 Å². The summed E-state index contributed by atoms with van der Waals surface area (Å²) in [6.07, 6.45) is 0. The Hall–Kier alpha value is -2.38. The molecule has 2 aromatic rings. The molecule has 0 heterocycles. The average Bonchev–Trinajstić information content (AvgIpc) is 2.61. The molecule has 0 saturated carbocycles. The fourth-order valence-corrected chi connectivity index (χ4v) is 3.52. The number of hydrogen-bond acceptors (Lipinski definition) is 4. The van der Waals surface area contributed by atoms with Crippen LogP contribution in [0.25, 0.3) is 0 Å². The van der Waals surface area contributed by atoms with Crippen LogP contribution in [-0.2, 0) is 10.0 Å². The summed E-state index contributed by atoms with van der Waals surface area (Å²) in [6, 6.07) is 11.4. The normalized spacial score (nSPS) is 11.2. The van der Waals surface area contributed by atoms with Crippen molar-refractivity contribution in [1.82, 2.24) is 10.2 Å². The van der Waals surface area contributed by atoms with E-state index in [0.717, 1.165) is 11.1 Å². The summed E-state index contributed by atoms with van der Waals surface area (Å²) in [4.78, 5) is 14.1. The number of anilines is 1. The monoisotopic (exact) mass is 375 g/mol. The Labute approximate surface area is 155 Å². The molecule has 2 rings (SSSR count). The van der Waals surface area contributed by atoms with Gasteiger partial charge < -0.3 is 10.2 Å². The smallest absolute Gasteiger partial charge is 0.261 e. The van der Waals surface area contributed by atoms with Crippen LogP contribution in [0, 0.1) is 13.8 Å². The van der Waals surface area contributed by atoms with E-state index in [-0.39, 0.29) is 10.8 Å². The molecule has 140 valence electrons. The Bertz CT molecular complexity index is 877. The zero-order chi connectivity index (χ0) is 19.3. The van der Waals surface area contributed by atoms with Crippen LogP contribution in [0.3, 0.4) is 0 Å². The molecular formula is C19H25N3O3S. The van der Waals surface area contributed by atoms with Gasteiger partial charge in [0.1, 0.15) is 0 Å². The van der Waals surface area contributed by atoms with Crippen LogP contribution >= 0.6 is 0 Å². The van der Waals surface area contributed by atoms with Crippen molar-refractivity contribution in [3.8, 4) is 0 Å². The molecule has 0 unspecified atom stereocenters. The van der Waals surface area contributed by atoms with Crippen molar-refractivity contribution in [3.63, 3.8) is 0 Å². The second-order valence-electron chi connectivity index (χ2n) is 6.26. The zero-order valence-electron chi connectivity index (χ0n) is 15.5. The Morgan fingerprint density at radius 2 is 1.69 bits per heavy atom. The van der Waals surface area contributed by atoms with Crippen molar-refractivity contribution >= 4 is 21.6 Å². The lowest BCUT2D eigenvalue weighted by molar-refractivity contribution is 0.0797. The fourth-order valence-electron chi connectivity index (χ4n) is 2.38. The first-order valence-electron chi connectivity index (χ1n) is 8.35. The first-order chi connectivity index (χ1) is 12.2. The molecule has 0 atom stereocenters. The Morgan fingerprint density at radius 1 is 1.04 bits per heavy atom. The van der Waals surface area contributed by atoms with Crippen molar-refractivity contribution in [3.05, 3.63) is 59.2 Å². The van der Waals surface area contributed by atoms with Crippen LogP contribution in [0.5, 0.6) is 0 Å². The van der Waals surface area contributed by atoms with E-state index in [1.165, 1.54) is 0 Å². The Kier molecular flexibility index (Phi) is 6.39. The topological polar surface area (TPSA) is 78.5 Å². The predicted octanol–water partition coefficient (Wildman–Crippen LogP) is 2.40. The number of likely N-dealkylation sites (N-methyl/N-ethyl adjacent to an activating group) is 2. The largest absolute Gasteiger partial charge is 0.340 e. The predicted molar refractivity (Wildman–Crippen MR) is 104 cm³/mol. The minimum absolute atomic E-state index is 0.108. The van der Waals surface area contributed by atoms with Gasteiger partial charge in [0.2, 0.25) is 0 Å². The first-order valence-corrected chi connectivity index (χ1v) is 9.83. The number of carbonyl (C=O) groups excluding carboxylic acids is 1. The molecule has 0 aliphatic rings. The summed E-state index contributed by atoms with van der Waals surface area (Å²) in [6.45, 7) is 5.11. The molecule has 2 N–H and O–H groups in total. The maximum atomic E-state index is 12.5. The molecular weight excluding hydrogens is 350 g/mol. The third kappa shape index (κ3) is 4.83. The minimum Gasteiger partial charge on any atom is -0.340 e. The Morgan fingerprint density at radius 3 is 2.27 bits per heavy atom. The average molecular weight is 375 g/mol. The Balaban J connectivity index is 2.13. The van der Waals surface area contributed by atoms with Crippen LogP contribution in [-0.4, -0.2) is 46.4 Å². The quantitative estimate of drug-likeness (QED) is 0.779. The molecule has 0 bridgehead atoms. The molecule has 6 nitrogen and oxygen atoms in total. The van der Waals surface area contributed by atoms with Crippen molar-refractivity contribution in [2.45, 2.75) is 18.7 Å². The van der Waals surface area contributed by atoms with Crippen LogP contribution in [0.15, 0.2) is 47.4 Å². The first kappa shape index (κ1) is 19.9. The van der Waals surface area contributed by atoms with Crippen LogP contribution in [0.2, 0.25) is 0 Å². The van der Waals surface area contributed by atoms with Gasteiger partial charge in [0.25, 0.3) is 15.9 Å². The number of nitrogens with zero attached hydrogens (tertiary/aromatic N) is 1. The molecule has 1 amide bonds. The van der Waals surface area contributed by atoms with E-state index in [2.05, 4.69) is 10.0 Å². The number of carbonyl (C=O) groups is 1. The third-order valence-corrected chi connectivity index (χ3v) is 5.60. The maximum absolute atomic E-state index is 12.5. The van der Waals surface area contributed by atoms with Gasteiger partial charge in [0.05, 0.1) is 4.90 Å². The number of nitrogens with one attached hydrogen (secondary N) is 2. The van der Waals surface area contributed by atoms with Crippen LogP contribution in [0.4, 0.5) is 5.69 Å². The lowest BCUT2D eigenvalue weighted by atomic mass is 10.1. The lowest BCUT2D eigenvalue weighted by Crippen LogP contribution is -2.32. The van der Waals surface area contributed by atoms with E-state index >= 15 is 0 Å². The molecule has 0 radical (unpaired) electrons. The highest BCUT2D eigenvalue weighted by atomic mass is 32.2. The van der Waals surface area contributed by atoms with Crippen molar-refractivity contribution in [2.75, 3.05) is 31.9 Å². The van der Waals surface area contributed by atoms with Gasteiger partial charge in [-0.15, -0.1) is 0 Å². The summed E-state index contributed by atoms with van der Waals surface area (Å²) < 4.78 is 27.6. The zero-order valence-corrected chi connectivity index (χ0v) is 16.4. The van der Waals surface area contributed by atoms with Gasteiger partial charge in [-0.2, -0.15) is 0 Å². The van der Waals surface area contributed by atoms with Crippen molar-refractivity contribution in [2.24, 2.45) is 0 Å². The highest BCUT2D eigenvalue weighted by molar-refractivity contribution is 7.92. The number of sulfonamides is 1. The van der Waals surface area contributed by atoms with Gasteiger partial charge >= 0.3 is 0 Å². The highest BCUT2D eigenvalue weighted by Gasteiger charge is 2.16. The molecule has 2 aromatic carbocycles. The van der Waals surface area contributed by atoms with E-state index in [1.54, 1.807) is 54.4 Å². The summed E-state index contributed by atoms with van der Waals surface area (Å²) in [7, 11) is -0.107. The maximum Gasteiger partial charge on any atom is 0.261 e. The molecule has 0 aromatic heterocycles. The second kappa shape index (κ2) is 8.33. The van der Waals surface area contributed by atoms with E-state index in [0.29, 0.717) is 24.3 Å². The molecule has 0 saturated heterocycles. The van der Waals surface area contributed by atoms with Gasteiger partial charge in [-0.3, -0.25) is 9.52 Å². The van der Waals surface area contributed by atoms with E-state index in [9.17, 15) is 13.2 Å². The van der Waals surface area contributed by atoms with Gasteiger partial charge in [-0.05, 0) is 68.4 Å². The number of hydrogen-bond donors (Lipinski definition) is 2. The van der Waals surface area contributed by atoms with Gasteiger partial charge in [0.15, 0.2) is 0 Å². The SMILES string of the molecule is CNCCN(C)C(=O)c1ccc(NS(=O)(=O)c2ccc(C)c(C)c2)cc1. The third-order valence-electron chi connectivity index (χ3n) is 4.22. The standard InChI is InChI=1S/C19H25N3O3S/c1-14-5-10-18(13-15(14)2)26(24,25)21-17-8-6-16(7-9-17)19(23)22(4)12-11-20-3/h5-10,13,20-21H,11-12H2,1-4H3. The van der Waals surface area contributed by atoms with Crippen LogP contribution in [0.1, 0.15) is 21.5 Å². The van der Waals surface area contributed by atoms with Gasteiger partial charge in [0, 0.05) is 31.4 Å². The van der Waals surface area contributed by atoms with Crippen molar-refractivity contribution < 1.29 is 13.2 Å². The van der Waals surface area contributed by atoms with Crippen molar-refractivity contribution in [1.29, 1.82) is 0 Å². The number of aryl methyl sites for hydroxylation is 2. The minimum atomic E-state index is -3.67. The molecule has 0 aliphatic carbocycles. The molecule has 0 fully saturated rings. The summed E-state index contributed by atoms with van der Waals surface area (Å²) in [5.74, 6) is -0.108. The fraction of sp³-hybridized carbons (Fsp3) is 0.316. The van der Waals surface area contributed by atoms with Gasteiger partial charge in [-0.1, -0.05) is 6.07 Å². The highest BCUT2D eigenvalue weighted by Crippen LogP contribution is 2.19. The molecule has 7 heteroatoms. The van der Waals surface area contributed by atoms with E-state index < -0.39 is 10.0 Å². The molecule has 0 aliphatic heterocycles. The van der Waals surface area contributed by atoms with E-state index in [4.69, 9.17) is 0 Å². The second-order valence-corrected chi connectivity index (χ2v) is 7.94. The number of amides is 1. The summed E-state index contributed by atoms with van der Waals surface area (Å²) in [5.41, 5.74) is 2.88. The molecule has 0 spiro atoms. The summed E-state index contributed by atoms with van der Waals surface area (Å²) >= 11 is 0.